The normalized spacial score (nSPS) is 21.4. The fraction of sp³-hybridized carbons (Fsp3) is 0.263. The molecule has 0 radical (unpaired) electrons. The number of amides is 3. The van der Waals surface area contributed by atoms with Crippen molar-refractivity contribution in [3.05, 3.63) is 57.6 Å². The van der Waals surface area contributed by atoms with Crippen molar-refractivity contribution in [1.29, 1.82) is 0 Å². The Morgan fingerprint density at radius 2 is 1.78 bits per heavy atom. The highest BCUT2D eigenvalue weighted by Crippen LogP contribution is 2.37. The molecular weight excluding hydrogens is 391 g/mol. The Morgan fingerprint density at radius 1 is 1.04 bits per heavy atom. The van der Waals surface area contributed by atoms with Crippen molar-refractivity contribution in [1.82, 2.24) is 10.2 Å². The van der Waals surface area contributed by atoms with Crippen LogP contribution in [0.3, 0.4) is 0 Å². The fourth-order valence-corrected chi connectivity index (χ4v) is 3.53. The van der Waals surface area contributed by atoms with Gasteiger partial charge in [0.15, 0.2) is 11.5 Å². The van der Waals surface area contributed by atoms with Crippen molar-refractivity contribution in [2.24, 2.45) is 0 Å². The van der Waals surface area contributed by atoms with Crippen LogP contribution in [-0.4, -0.2) is 30.1 Å². The van der Waals surface area contributed by atoms with Gasteiger partial charge in [-0.1, -0.05) is 35.3 Å². The summed E-state index contributed by atoms with van der Waals surface area (Å²) < 4.78 is 11.1. The van der Waals surface area contributed by atoms with Gasteiger partial charge in [-0.25, -0.2) is 4.79 Å². The molecule has 4 rings (SSSR count). The number of nitrogens with one attached hydrogen (secondary N) is 1. The molecule has 2 aliphatic heterocycles. The molecular formula is C19H16Cl2N2O4. The number of carbonyl (C=O) groups excluding carboxylic acids is 2. The van der Waals surface area contributed by atoms with Crippen molar-refractivity contribution in [3.63, 3.8) is 0 Å². The molecule has 2 aromatic carbocycles. The van der Waals surface area contributed by atoms with Gasteiger partial charge in [0, 0.05) is 0 Å². The van der Waals surface area contributed by atoms with E-state index in [1.165, 1.54) is 0 Å². The second kappa shape index (κ2) is 6.62. The Kier molecular flexibility index (Phi) is 4.40. The van der Waals surface area contributed by atoms with Crippen LogP contribution in [0.25, 0.3) is 0 Å². The minimum absolute atomic E-state index is 0.0989. The first kappa shape index (κ1) is 17.9. The van der Waals surface area contributed by atoms with Gasteiger partial charge in [0.05, 0.1) is 16.6 Å². The molecule has 0 bridgehead atoms. The molecule has 1 atom stereocenters. The van der Waals surface area contributed by atoms with Crippen LogP contribution < -0.4 is 14.8 Å². The van der Waals surface area contributed by atoms with Crippen LogP contribution in [0.2, 0.25) is 10.0 Å². The van der Waals surface area contributed by atoms with E-state index in [-0.39, 0.29) is 12.5 Å². The lowest BCUT2D eigenvalue weighted by Gasteiger charge is -2.25. The van der Waals surface area contributed by atoms with Gasteiger partial charge in [-0.3, -0.25) is 9.69 Å². The van der Waals surface area contributed by atoms with Gasteiger partial charge in [0.2, 0.25) is 0 Å². The maximum absolute atomic E-state index is 13.1. The monoisotopic (exact) mass is 406 g/mol. The number of ether oxygens (including phenoxy) is 2. The number of rotatable bonds is 3. The number of imide groups is 1. The standard InChI is InChI=1S/C19H16Cl2N2O4/c1-19(12-3-5-15-16(9-12)27-7-6-26-15)17(24)23(18(25)22-19)10-11-2-4-13(20)14(21)8-11/h2-5,8-9H,6-7,10H2,1H3,(H,22,25)/t19-/m1/s1. The third kappa shape index (κ3) is 3.09. The molecule has 1 N–H and O–H groups in total. The number of nitrogens with zero attached hydrogens (tertiary/aromatic N) is 1. The Hall–Kier alpha value is -2.44. The molecule has 0 saturated carbocycles. The van der Waals surface area contributed by atoms with Gasteiger partial charge >= 0.3 is 6.03 Å². The van der Waals surface area contributed by atoms with Crippen molar-refractivity contribution >= 4 is 35.1 Å². The predicted octanol–water partition coefficient (Wildman–Crippen LogP) is 3.73. The number of hydrogen-bond donors (Lipinski definition) is 1. The molecule has 0 unspecified atom stereocenters. The van der Waals surface area contributed by atoms with Gasteiger partial charge in [-0.05, 0) is 42.3 Å². The van der Waals surface area contributed by atoms with Crippen LogP contribution >= 0.6 is 23.2 Å². The van der Waals surface area contributed by atoms with Crippen LogP contribution in [0.4, 0.5) is 4.79 Å². The van der Waals surface area contributed by atoms with Gasteiger partial charge in [-0.2, -0.15) is 0 Å². The first-order valence-electron chi connectivity index (χ1n) is 8.36. The van der Waals surface area contributed by atoms with E-state index in [0.717, 1.165) is 4.90 Å². The third-order valence-electron chi connectivity index (χ3n) is 4.72. The summed E-state index contributed by atoms with van der Waals surface area (Å²) in [4.78, 5) is 26.7. The fourth-order valence-electron chi connectivity index (χ4n) is 3.21. The van der Waals surface area contributed by atoms with E-state index in [2.05, 4.69) is 5.32 Å². The number of hydrogen-bond acceptors (Lipinski definition) is 4. The van der Waals surface area contributed by atoms with Crippen molar-refractivity contribution in [2.45, 2.75) is 19.0 Å². The lowest BCUT2D eigenvalue weighted by Crippen LogP contribution is -2.41. The zero-order valence-electron chi connectivity index (χ0n) is 14.4. The second-order valence-electron chi connectivity index (χ2n) is 6.55. The number of urea groups is 1. The largest absolute Gasteiger partial charge is 0.486 e. The van der Waals surface area contributed by atoms with E-state index in [9.17, 15) is 9.59 Å². The summed E-state index contributed by atoms with van der Waals surface area (Å²) in [5, 5.41) is 3.57. The molecule has 8 heteroatoms. The van der Waals surface area contributed by atoms with Crippen molar-refractivity contribution in [3.8, 4) is 11.5 Å². The Labute approximate surface area is 165 Å². The molecule has 0 spiro atoms. The second-order valence-corrected chi connectivity index (χ2v) is 7.37. The predicted molar refractivity (Wildman–Crippen MR) is 100 cm³/mol. The van der Waals surface area contributed by atoms with Crippen molar-refractivity contribution < 1.29 is 19.1 Å². The summed E-state index contributed by atoms with van der Waals surface area (Å²) in [6.45, 7) is 2.70. The Morgan fingerprint density at radius 3 is 2.52 bits per heavy atom. The summed E-state index contributed by atoms with van der Waals surface area (Å²) in [6, 6.07) is 9.78. The van der Waals surface area contributed by atoms with Gasteiger partial charge in [0.1, 0.15) is 18.8 Å². The molecule has 2 aromatic rings. The number of benzene rings is 2. The van der Waals surface area contributed by atoms with Gasteiger partial charge in [-0.15, -0.1) is 0 Å². The maximum atomic E-state index is 13.1. The average molecular weight is 407 g/mol. The van der Waals surface area contributed by atoms with E-state index in [4.69, 9.17) is 32.7 Å². The summed E-state index contributed by atoms with van der Waals surface area (Å²) in [5.41, 5.74) is 0.143. The third-order valence-corrected chi connectivity index (χ3v) is 5.46. The van der Waals surface area contributed by atoms with E-state index in [0.29, 0.717) is 45.9 Å². The van der Waals surface area contributed by atoms with Crippen LogP contribution in [0.5, 0.6) is 11.5 Å². The average Bonchev–Trinajstić information content (AvgIpc) is 2.88. The van der Waals surface area contributed by atoms with Gasteiger partial charge < -0.3 is 14.8 Å². The van der Waals surface area contributed by atoms with E-state index in [1.807, 2.05) is 0 Å². The van der Waals surface area contributed by atoms with Crippen molar-refractivity contribution in [2.75, 3.05) is 13.2 Å². The molecule has 0 aromatic heterocycles. The molecule has 2 aliphatic rings. The molecule has 3 amide bonds. The molecule has 1 saturated heterocycles. The van der Waals surface area contributed by atoms with Crippen LogP contribution in [0.1, 0.15) is 18.1 Å². The molecule has 27 heavy (non-hydrogen) atoms. The quantitative estimate of drug-likeness (QED) is 0.788. The number of halogens is 2. The molecule has 6 nitrogen and oxygen atoms in total. The van der Waals surface area contributed by atoms with E-state index >= 15 is 0 Å². The van der Waals surface area contributed by atoms with Crippen LogP contribution in [0.15, 0.2) is 36.4 Å². The SMILES string of the molecule is C[C@]1(c2ccc3c(c2)OCCO3)NC(=O)N(Cc2ccc(Cl)c(Cl)c2)C1=O. The first-order valence-corrected chi connectivity index (χ1v) is 9.12. The topological polar surface area (TPSA) is 67.9 Å². The zero-order chi connectivity index (χ0) is 19.2. The van der Waals surface area contributed by atoms with Crippen LogP contribution in [-0.2, 0) is 16.9 Å². The highest BCUT2D eigenvalue weighted by molar-refractivity contribution is 6.42. The Balaban J connectivity index is 1.62. The molecule has 2 heterocycles. The first-order chi connectivity index (χ1) is 12.9. The highest BCUT2D eigenvalue weighted by atomic mass is 35.5. The Bertz CT molecular complexity index is 949. The zero-order valence-corrected chi connectivity index (χ0v) is 15.9. The molecule has 1 fully saturated rings. The van der Waals surface area contributed by atoms with Gasteiger partial charge in [0.25, 0.3) is 5.91 Å². The summed E-state index contributed by atoms with van der Waals surface area (Å²) in [7, 11) is 0. The summed E-state index contributed by atoms with van der Waals surface area (Å²) >= 11 is 12.0. The molecule has 140 valence electrons. The minimum atomic E-state index is -1.19. The summed E-state index contributed by atoms with van der Waals surface area (Å²) in [6.07, 6.45) is 0. The number of carbonyl (C=O) groups is 2. The smallest absolute Gasteiger partial charge is 0.325 e. The van der Waals surface area contributed by atoms with E-state index < -0.39 is 11.6 Å². The number of fused-ring (bicyclic) bond motifs is 1. The molecule has 0 aliphatic carbocycles. The summed E-state index contributed by atoms with van der Waals surface area (Å²) in [5.74, 6) is 0.832. The maximum Gasteiger partial charge on any atom is 0.325 e. The highest BCUT2D eigenvalue weighted by Gasteiger charge is 2.49. The minimum Gasteiger partial charge on any atom is -0.486 e. The van der Waals surface area contributed by atoms with Crippen LogP contribution in [0, 0.1) is 0 Å². The lowest BCUT2D eigenvalue weighted by atomic mass is 9.91. The van der Waals surface area contributed by atoms with E-state index in [1.54, 1.807) is 43.3 Å². The lowest BCUT2D eigenvalue weighted by molar-refractivity contribution is -0.131.